The smallest absolute Gasteiger partial charge is 0.240 e. The average molecular weight is 309 g/mol. The maximum atomic E-state index is 12.2. The van der Waals surface area contributed by atoms with E-state index in [-0.39, 0.29) is 18.0 Å². The highest BCUT2D eigenvalue weighted by molar-refractivity contribution is 7.89. The molecular formula is C14H19N3O3S. The van der Waals surface area contributed by atoms with E-state index in [1.165, 1.54) is 12.1 Å². The van der Waals surface area contributed by atoms with Crippen LogP contribution in [0.25, 0.3) is 0 Å². The fraction of sp³-hybridized carbons (Fsp3) is 0.357. The molecule has 0 unspecified atom stereocenters. The van der Waals surface area contributed by atoms with Crippen molar-refractivity contribution < 1.29 is 13.5 Å². The molecule has 21 heavy (non-hydrogen) atoms. The van der Waals surface area contributed by atoms with E-state index >= 15 is 0 Å². The maximum Gasteiger partial charge on any atom is 0.240 e. The Bertz CT molecular complexity index is 723. The van der Waals surface area contributed by atoms with Crippen LogP contribution in [0.15, 0.2) is 35.5 Å². The molecule has 7 heteroatoms. The van der Waals surface area contributed by atoms with Crippen LogP contribution in [0.1, 0.15) is 16.7 Å². The molecule has 114 valence electrons. The quantitative estimate of drug-likeness (QED) is 0.833. The van der Waals surface area contributed by atoms with E-state index in [0.717, 1.165) is 11.1 Å². The summed E-state index contributed by atoms with van der Waals surface area (Å²) in [5.41, 5.74) is 2.51. The van der Waals surface area contributed by atoms with Gasteiger partial charge in [0.1, 0.15) is 0 Å². The van der Waals surface area contributed by atoms with Crippen LogP contribution in [0.5, 0.6) is 0 Å². The summed E-state index contributed by atoms with van der Waals surface area (Å²) >= 11 is 0. The number of hydrogen-bond acceptors (Lipinski definition) is 4. The van der Waals surface area contributed by atoms with E-state index < -0.39 is 10.0 Å². The summed E-state index contributed by atoms with van der Waals surface area (Å²) in [4.78, 5) is 0.161. The third-order valence-corrected chi connectivity index (χ3v) is 4.66. The van der Waals surface area contributed by atoms with Crippen molar-refractivity contribution in [1.82, 2.24) is 14.5 Å². The second kappa shape index (κ2) is 6.38. The standard InChI is InChI=1S/C14H19N3O3S/c1-11-8-15-17(9-11)6-5-16-21(19,20)14-4-3-12(2)13(7-14)10-18/h3-4,7-9,16,18H,5-6,10H2,1-2H3. The summed E-state index contributed by atoms with van der Waals surface area (Å²) in [6, 6.07) is 4.72. The first-order valence-corrected chi connectivity index (χ1v) is 8.10. The first-order chi connectivity index (χ1) is 9.92. The summed E-state index contributed by atoms with van der Waals surface area (Å²) in [7, 11) is -3.58. The number of aliphatic hydroxyl groups excluding tert-OH is 1. The van der Waals surface area contributed by atoms with Crippen LogP contribution >= 0.6 is 0 Å². The van der Waals surface area contributed by atoms with Gasteiger partial charge in [-0.25, -0.2) is 13.1 Å². The van der Waals surface area contributed by atoms with Gasteiger partial charge in [-0.15, -0.1) is 0 Å². The Labute approximate surface area is 124 Å². The van der Waals surface area contributed by atoms with E-state index in [1.807, 2.05) is 20.0 Å². The molecule has 0 atom stereocenters. The Kier molecular flexibility index (Phi) is 4.76. The highest BCUT2D eigenvalue weighted by Gasteiger charge is 2.14. The summed E-state index contributed by atoms with van der Waals surface area (Å²) in [6.45, 7) is 4.30. The molecule has 2 aromatic rings. The van der Waals surface area contributed by atoms with Gasteiger partial charge < -0.3 is 5.11 Å². The third kappa shape index (κ3) is 3.90. The van der Waals surface area contributed by atoms with Crippen molar-refractivity contribution in [2.75, 3.05) is 6.54 Å². The minimum Gasteiger partial charge on any atom is -0.392 e. The number of nitrogens with one attached hydrogen (secondary N) is 1. The number of aliphatic hydroxyl groups is 1. The van der Waals surface area contributed by atoms with Crippen molar-refractivity contribution in [3.63, 3.8) is 0 Å². The van der Waals surface area contributed by atoms with Crippen molar-refractivity contribution in [2.24, 2.45) is 0 Å². The largest absolute Gasteiger partial charge is 0.392 e. The lowest BCUT2D eigenvalue weighted by molar-refractivity contribution is 0.280. The van der Waals surface area contributed by atoms with Gasteiger partial charge in [0.25, 0.3) is 0 Å². The number of hydrogen-bond donors (Lipinski definition) is 2. The fourth-order valence-corrected chi connectivity index (χ4v) is 3.02. The lowest BCUT2D eigenvalue weighted by Gasteiger charge is -2.09. The molecule has 2 N–H and O–H groups in total. The van der Waals surface area contributed by atoms with Crippen molar-refractivity contribution in [1.29, 1.82) is 0 Å². The molecule has 0 saturated heterocycles. The van der Waals surface area contributed by atoms with Crippen molar-refractivity contribution in [3.8, 4) is 0 Å². The van der Waals surface area contributed by atoms with Crippen LogP contribution < -0.4 is 4.72 Å². The molecule has 1 aromatic heterocycles. The first-order valence-electron chi connectivity index (χ1n) is 6.61. The predicted molar refractivity (Wildman–Crippen MR) is 79.3 cm³/mol. The van der Waals surface area contributed by atoms with Gasteiger partial charge in [0.15, 0.2) is 0 Å². The third-order valence-electron chi connectivity index (χ3n) is 3.20. The van der Waals surface area contributed by atoms with Gasteiger partial charge in [-0.3, -0.25) is 4.68 Å². The molecule has 1 aromatic carbocycles. The molecule has 1 heterocycles. The molecule has 0 aliphatic carbocycles. The van der Waals surface area contributed by atoms with Crippen LogP contribution in [-0.2, 0) is 23.2 Å². The Morgan fingerprint density at radius 2 is 2.10 bits per heavy atom. The summed E-state index contributed by atoms with van der Waals surface area (Å²) < 4.78 is 28.6. The highest BCUT2D eigenvalue weighted by Crippen LogP contribution is 2.15. The first kappa shape index (κ1) is 15.7. The van der Waals surface area contributed by atoms with Gasteiger partial charge in [0.05, 0.1) is 24.2 Å². The molecule has 0 amide bonds. The van der Waals surface area contributed by atoms with Gasteiger partial charge in [0, 0.05) is 12.7 Å². The molecule has 2 rings (SSSR count). The van der Waals surface area contributed by atoms with Gasteiger partial charge in [-0.05, 0) is 42.7 Å². The lowest BCUT2D eigenvalue weighted by Crippen LogP contribution is -2.27. The molecule has 6 nitrogen and oxygen atoms in total. The van der Waals surface area contributed by atoms with Gasteiger partial charge in [-0.2, -0.15) is 5.10 Å². The molecule has 0 fully saturated rings. The van der Waals surface area contributed by atoms with Crippen LogP contribution in [0.3, 0.4) is 0 Å². The summed E-state index contributed by atoms with van der Waals surface area (Å²) in [5.74, 6) is 0. The van der Waals surface area contributed by atoms with Crippen molar-refractivity contribution in [3.05, 3.63) is 47.3 Å². The molecule has 0 aliphatic rings. The Morgan fingerprint density at radius 3 is 2.71 bits per heavy atom. The average Bonchev–Trinajstić information content (AvgIpc) is 2.84. The van der Waals surface area contributed by atoms with E-state index in [1.54, 1.807) is 16.9 Å². The Morgan fingerprint density at radius 1 is 1.33 bits per heavy atom. The zero-order valence-corrected chi connectivity index (χ0v) is 12.9. The van der Waals surface area contributed by atoms with E-state index in [0.29, 0.717) is 12.1 Å². The minimum absolute atomic E-state index is 0.161. The second-order valence-corrected chi connectivity index (χ2v) is 6.69. The maximum absolute atomic E-state index is 12.2. The molecule has 0 spiro atoms. The summed E-state index contributed by atoms with van der Waals surface area (Å²) in [5, 5.41) is 13.3. The van der Waals surface area contributed by atoms with Gasteiger partial charge >= 0.3 is 0 Å². The normalized spacial score (nSPS) is 11.8. The number of benzene rings is 1. The van der Waals surface area contributed by atoms with Crippen LogP contribution in [-0.4, -0.2) is 29.8 Å². The highest BCUT2D eigenvalue weighted by atomic mass is 32.2. The molecule has 0 radical (unpaired) electrons. The van der Waals surface area contributed by atoms with E-state index in [2.05, 4.69) is 9.82 Å². The van der Waals surface area contributed by atoms with Gasteiger partial charge in [0.2, 0.25) is 10.0 Å². The lowest BCUT2D eigenvalue weighted by atomic mass is 10.1. The monoisotopic (exact) mass is 309 g/mol. The van der Waals surface area contributed by atoms with E-state index in [9.17, 15) is 13.5 Å². The Balaban J connectivity index is 2.04. The number of aryl methyl sites for hydroxylation is 2. The van der Waals surface area contributed by atoms with Crippen molar-refractivity contribution in [2.45, 2.75) is 31.9 Å². The van der Waals surface area contributed by atoms with Crippen LogP contribution in [0.4, 0.5) is 0 Å². The second-order valence-electron chi connectivity index (χ2n) is 4.92. The zero-order valence-electron chi connectivity index (χ0n) is 12.1. The van der Waals surface area contributed by atoms with Crippen LogP contribution in [0, 0.1) is 13.8 Å². The topological polar surface area (TPSA) is 84.2 Å². The SMILES string of the molecule is Cc1cnn(CCNS(=O)(=O)c2ccc(C)c(CO)c2)c1. The number of nitrogens with zero attached hydrogens (tertiary/aromatic N) is 2. The minimum atomic E-state index is -3.58. The predicted octanol–water partition coefficient (Wildman–Crippen LogP) is 0.971. The number of rotatable bonds is 6. The number of sulfonamides is 1. The molecule has 0 saturated carbocycles. The number of aromatic nitrogens is 2. The van der Waals surface area contributed by atoms with Crippen LogP contribution in [0.2, 0.25) is 0 Å². The molecule has 0 bridgehead atoms. The summed E-state index contributed by atoms with van der Waals surface area (Å²) in [6.07, 6.45) is 3.58. The van der Waals surface area contributed by atoms with E-state index in [4.69, 9.17) is 0 Å². The molecular weight excluding hydrogens is 290 g/mol. The molecule has 0 aliphatic heterocycles. The van der Waals surface area contributed by atoms with Crippen molar-refractivity contribution >= 4 is 10.0 Å². The zero-order chi connectivity index (χ0) is 15.5. The Hall–Kier alpha value is -1.70. The van der Waals surface area contributed by atoms with Gasteiger partial charge in [-0.1, -0.05) is 6.07 Å². The fourth-order valence-electron chi connectivity index (χ4n) is 1.95.